The Hall–Kier alpha value is -3.97. The highest BCUT2D eigenvalue weighted by atomic mass is 32.2. The summed E-state index contributed by atoms with van der Waals surface area (Å²) in [7, 11) is 1.61. The fourth-order valence-corrected chi connectivity index (χ4v) is 4.46. The average molecular weight is 487 g/mol. The van der Waals surface area contributed by atoms with Crippen LogP contribution in [0.2, 0.25) is 0 Å². The smallest absolute Gasteiger partial charge is 0.277 e. The monoisotopic (exact) mass is 486 g/mol. The van der Waals surface area contributed by atoms with Crippen LogP contribution in [0.1, 0.15) is 16.7 Å². The molecule has 4 rings (SSSR count). The number of thioether (sulfide) groups is 1. The van der Waals surface area contributed by atoms with Gasteiger partial charge in [-0.3, -0.25) is 0 Å². The van der Waals surface area contributed by atoms with Crippen molar-refractivity contribution in [2.75, 3.05) is 7.11 Å². The van der Waals surface area contributed by atoms with E-state index in [4.69, 9.17) is 9.15 Å². The van der Waals surface area contributed by atoms with Gasteiger partial charge in [-0.2, -0.15) is 0 Å². The first-order valence-corrected chi connectivity index (χ1v) is 12.0. The van der Waals surface area contributed by atoms with E-state index in [0.29, 0.717) is 41.0 Å². The van der Waals surface area contributed by atoms with Crippen molar-refractivity contribution in [2.24, 2.45) is 0 Å². The van der Waals surface area contributed by atoms with E-state index in [0.717, 1.165) is 27.8 Å². The molecular formula is C28H26N2O4S. The molecule has 1 aromatic heterocycles. The van der Waals surface area contributed by atoms with Gasteiger partial charge < -0.3 is 19.4 Å². The number of nitrogens with zero attached hydrogens (tertiary/aromatic N) is 2. The van der Waals surface area contributed by atoms with Crippen LogP contribution in [-0.2, 0) is 18.6 Å². The van der Waals surface area contributed by atoms with Gasteiger partial charge in [0.2, 0.25) is 5.89 Å². The fraction of sp³-hybridized carbons (Fsp3) is 0.143. The van der Waals surface area contributed by atoms with E-state index >= 15 is 0 Å². The molecule has 35 heavy (non-hydrogen) atoms. The molecule has 0 unspecified atom stereocenters. The molecule has 0 bridgehead atoms. The van der Waals surface area contributed by atoms with Gasteiger partial charge in [0.1, 0.15) is 17.2 Å². The Balaban J connectivity index is 1.61. The highest BCUT2D eigenvalue weighted by Gasteiger charge is 2.16. The first-order valence-electron chi connectivity index (χ1n) is 11.0. The summed E-state index contributed by atoms with van der Waals surface area (Å²) in [5.41, 5.74) is 4.77. The van der Waals surface area contributed by atoms with E-state index in [-0.39, 0.29) is 11.5 Å². The molecule has 3 aromatic carbocycles. The molecular weight excluding hydrogens is 460 g/mol. The topological polar surface area (TPSA) is 88.6 Å². The van der Waals surface area contributed by atoms with Gasteiger partial charge in [-0.25, -0.2) is 0 Å². The summed E-state index contributed by atoms with van der Waals surface area (Å²) in [5, 5.41) is 30.0. The first-order chi connectivity index (χ1) is 17.0. The van der Waals surface area contributed by atoms with Gasteiger partial charge in [0.05, 0.1) is 7.11 Å². The Morgan fingerprint density at radius 2 is 1.77 bits per heavy atom. The zero-order chi connectivity index (χ0) is 24.8. The normalized spacial score (nSPS) is 10.8. The second kappa shape index (κ2) is 11.0. The molecule has 0 saturated carbocycles. The van der Waals surface area contributed by atoms with Crippen LogP contribution < -0.4 is 4.74 Å². The Bertz CT molecular complexity index is 1360. The van der Waals surface area contributed by atoms with Crippen molar-refractivity contribution in [3.63, 3.8) is 0 Å². The standard InChI is InChI=1S/C28H26N2O4S/c1-4-7-18-13-22(26(32)24(14-18)19-11-12-25(31)20(15-19)8-5-2)17-35-28-30-29-27(34-28)21-9-6-10-23(16-21)33-3/h4-6,9-16,31-32H,1-2,7-8,17H2,3H3. The predicted octanol–water partition coefficient (Wildman–Crippen LogP) is 6.57. The predicted molar refractivity (Wildman–Crippen MR) is 139 cm³/mol. The number of phenolic OH excluding ortho intramolecular Hbond substituents is 2. The number of aromatic hydroxyl groups is 2. The van der Waals surface area contributed by atoms with E-state index in [1.807, 2.05) is 48.5 Å². The lowest BCUT2D eigenvalue weighted by atomic mass is 9.95. The second-order valence-corrected chi connectivity index (χ2v) is 8.80. The van der Waals surface area contributed by atoms with Crippen LogP contribution in [0.15, 0.2) is 89.5 Å². The van der Waals surface area contributed by atoms with Crippen molar-refractivity contribution in [1.82, 2.24) is 10.2 Å². The third-order valence-electron chi connectivity index (χ3n) is 5.46. The van der Waals surface area contributed by atoms with E-state index in [1.54, 1.807) is 25.3 Å². The Morgan fingerprint density at radius 3 is 2.54 bits per heavy atom. The molecule has 0 radical (unpaired) electrons. The van der Waals surface area contributed by atoms with E-state index in [9.17, 15) is 10.2 Å². The minimum atomic E-state index is 0.174. The zero-order valence-corrected chi connectivity index (χ0v) is 20.2. The summed E-state index contributed by atoms with van der Waals surface area (Å²) >= 11 is 1.35. The number of rotatable bonds is 10. The van der Waals surface area contributed by atoms with Crippen LogP contribution in [-0.4, -0.2) is 27.5 Å². The first kappa shape index (κ1) is 24.2. The van der Waals surface area contributed by atoms with Crippen molar-refractivity contribution in [3.8, 4) is 39.8 Å². The molecule has 0 spiro atoms. The molecule has 0 saturated heterocycles. The van der Waals surface area contributed by atoms with Gasteiger partial charge in [0, 0.05) is 22.4 Å². The molecule has 4 aromatic rings. The summed E-state index contributed by atoms with van der Waals surface area (Å²) in [5.74, 6) is 1.91. The second-order valence-electron chi connectivity index (χ2n) is 7.87. The molecule has 0 aliphatic rings. The number of hydrogen-bond acceptors (Lipinski definition) is 7. The summed E-state index contributed by atoms with van der Waals surface area (Å²) < 4.78 is 11.1. The Morgan fingerprint density at radius 1 is 0.943 bits per heavy atom. The third-order valence-corrected chi connectivity index (χ3v) is 6.33. The van der Waals surface area contributed by atoms with E-state index in [1.165, 1.54) is 11.8 Å². The van der Waals surface area contributed by atoms with Crippen molar-refractivity contribution in [1.29, 1.82) is 0 Å². The fourth-order valence-electron chi connectivity index (χ4n) is 3.73. The molecule has 0 atom stereocenters. The molecule has 6 nitrogen and oxygen atoms in total. The van der Waals surface area contributed by atoms with Gasteiger partial charge in [-0.1, -0.05) is 42.1 Å². The highest BCUT2D eigenvalue weighted by molar-refractivity contribution is 7.98. The number of allylic oxidation sites excluding steroid dienone is 2. The molecule has 2 N–H and O–H groups in total. The van der Waals surface area contributed by atoms with Gasteiger partial charge in [-0.15, -0.1) is 23.4 Å². The molecule has 178 valence electrons. The van der Waals surface area contributed by atoms with Crippen LogP contribution in [0.3, 0.4) is 0 Å². The van der Waals surface area contributed by atoms with E-state index in [2.05, 4.69) is 23.4 Å². The maximum absolute atomic E-state index is 11.1. The SMILES string of the molecule is C=CCc1cc(CSc2nnc(-c3cccc(OC)c3)o2)c(O)c(-c2ccc(O)c(CC=C)c2)c1. The summed E-state index contributed by atoms with van der Waals surface area (Å²) in [6.45, 7) is 7.60. The van der Waals surface area contributed by atoms with Crippen LogP contribution in [0.5, 0.6) is 17.2 Å². The lowest BCUT2D eigenvalue weighted by Gasteiger charge is -2.14. The number of ether oxygens (including phenoxy) is 1. The van der Waals surface area contributed by atoms with Gasteiger partial charge >= 0.3 is 0 Å². The van der Waals surface area contributed by atoms with Crippen molar-refractivity contribution in [2.45, 2.75) is 23.8 Å². The molecule has 0 aliphatic carbocycles. The van der Waals surface area contributed by atoms with Gasteiger partial charge in [0.25, 0.3) is 5.22 Å². The van der Waals surface area contributed by atoms with Crippen molar-refractivity contribution >= 4 is 11.8 Å². The third kappa shape index (κ3) is 5.58. The number of aromatic nitrogens is 2. The average Bonchev–Trinajstić information content (AvgIpc) is 3.35. The summed E-state index contributed by atoms with van der Waals surface area (Å²) in [4.78, 5) is 0. The van der Waals surface area contributed by atoms with Crippen molar-refractivity contribution < 1.29 is 19.4 Å². The Kier molecular flexibility index (Phi) is 7.57. The highest BCUT2D eigenvalue weighted by Crippen LogP contribution is 2.38. The molecule has 7 heteroatoms. The molecule has 0 amide bonds. The molecule has 0 fully saturated rings. The minimum Gasteiger partial charge on any atom is -0.508 e. The largest absolute Gasteiger partial charge is 0.508 e. The van der Waals surface area contributed by atoms with Crippen LogP contribution in [0.25, 0.3) is 22.6 Å². The van der Waals surface area contributed by atoms with Crippen molar-refractivity contribution in [3.05, 3.63) is 96.6 Å². The minimum absolute atomic E-state index is 0.174. The maximum Gasteiger partial charge on any atom is 0.277 e. The van der Waals surface area contributed by atoms with Crippen LogP contribution in [0.4, 0.5) is 0 Å². The summed E-state index contributed by atoms with van der Waals surface area (Å²) in [6, 6.07) is 16.6. The molecule has 0 aliphatic heterocycles. The van der Waals surface area contributed by atoms with E-state index < -0.39 is 0 Å². The quantitative estimate of drug-likeness (QED) is 0.193. The Labute approximate surface area is 208 Å². The molecule has 1 heterocycles. The maximum atomic E-state index is 11.1. The summed E-state index contributed by atoms with van der Waals surface area (Å²) in [6.07, 6.45) is 4.75. The van der Waals surface area contributed by atoms with Crippen LogP contribution >= 0.6 is 11.8 Å². The number of methoxy groups -OCH3 is 1. The number of hydrogen-bond donors (Lipinski definition) is 2. The zero-order valence-electron chi connectivity index (χ0n) is 19.4. The lowest BCUT2D eigenvalue weighted by Crippen LogP contribution is -1.93. The number of phenols is 2. The lowest BCUT2D eigenvalue weighted by molar-refractivity contribution is 0.414. The van der Waals surface area contributed by atoms with Gasteiger partial charge in [0.15, 0.2) is 0 Å². The van der Waals surface area contributed by atoms with Gasteiger partial charge in [-0.05, 0) is 65.9 Å². The number of benzene rings is 3. The van der Waals surface area contributed by atoms with Crippen LogP contribution in [0, 0.1) is 0 Å².